The Morgan fingerprint density at radius 2 is 1.59 bits per heavy atom. The van der Waals surface area contributed by atoms with E-state index in [1.165, 1.54) is 30.7 Å². The molecule has 0 spiro atoms. The summed E-state index contributed by atoms with van der Waals surface area (Å²) in [5.74, 6) is 0.229. The number of rotatable bonds is 6. The van der Waals surface area contributed by atoms with Crippen molar-refractivity contribution in [2.75, 3.05) is 0 Å². The summed E-state index contributed by atoms with van der Waals surface area (Å²) in [6.07, 6.45) is 4.88. The molecule has 1 saturated carbocycles. The maximum Gasteiger partial charge on any atom is 0.416 e. The van der Waals surface area contributed by atoms with Crippen LogP contribution in [0, 0.1) is 5.82 Å². The van der Waals surface area contributed by atoms with Gasteiger partial charge in [0.25, 0.3) is 0 Å². The Morgan fingerprint density at radius 3 is 2.28 bits per heavy atom. The van der Waals surface area contributed by atoms with Crippen molar-refractivity contribution in [3.8, 4) is 5.88 Å². The van der Waals surface area contributed by atoms with Crippen LogP contribution in [0.3, 0.4) is 0 Å². The van der Waals surface area contributed by atoms with Crippen LogP contribution in [-0.4, -0.2) is 15.9 Å². The number of amides is 1. The quantitative estimate of drug-likeness (QED) is 0.254. The number of carbonyl (C=O) groups excluding carboxylic acids is 1. The Morgan fingerprint density at radius 1 is 0.923 bits per heavy atom. The van der Waals surface area contributed by atoms with E-state index in [1.54, 1.807) is 0 Å². The van der Waals surface area contributed by atoms with E-state index in [2.05, 4.69) is 10.00 Å². The van der Waals surface area contributed by atoms with E-state index in [-0.39, 0.29) is 24.3 Å². The highest BCUT2D eigenvalue weighted by atomic mass is 19.4. The van der Waals surface area contributed by atoms with Gasteiger partial charge in [-0.3, -0.25) is 4.68 Å². The topological polar surface area (TPSA) is 56.1 Å². The molecule has 0 aliphatic heterocycles. The molecule has 1 aromatic heterocycles. The van der Waals surface area contributed by atoms with Gasteiger partial charge in [-0.2, -0.15) is 13.2 Å². The van der Waals surface area contributed by atoms with Crippen LogP contribution in [0.15, 0.2) is 48.5 Å². The standard InChI is InChI=1S/C30H33F4N3O2/c31-24-16-12-20(13-17-24)18-22-6-4-5-9-26-27(22)37(25-7-2-1-3-8-25)36-28(26)39-29(38)35-19-21-10-14-23(15-11-21)30(32,33)34/h10-17,22,25H,1-9,18-19H2,(H,35,38). The van der Waals surface area contributed by atoms with Crippen molar-refractivity contribution in [2.45, 2.75) is 88.9 Å². The van der Waals surface area contributed by atoms with Gasteiger partial charge in [0, 0.05) is 23.7 Å². The second kappa shape index (κ2) is 11.8. The number of fused-ring (bicyclic) bond motifs is 1. The molecule has 3 aromatic rings. The van der Waals surface area contributed by atoms with E-state index in [4.69, 9.17) is 9.84 Å². The SMILES string of the molecule is O=C(NCc1ccc(C(F)(F)F)cc1)Oc1nn(C2CCCCC2)c2c1CCCCC2Cc1ccc(F)cc1. The van der Waals surface area contributed by atoms with E-state index >= 15 is 0 Å². The monoisotopic (exact) mass is 543 g/mol. The minimum absolute atomic E-state index is 0.0374. The molecular formula is C30H33F4N3O2. The molecule has 1 amide bonds. The van der Waals surface area contributed by atoms with Gasteiger partial charge in [-0.15, -0.1) is 5.10 Å². The van der Waals surface area contributed by atoms with E-state index in [9.17, 15) is 22.4 Å². The number of hydrogen-bond acceptors (Lipinski definition) is 3. The lowest BCUT2D eigenvalue weighted by Crippen LogP contribution is -2.27. The fraction of sp³-hybridized carbons (Fsp3) is 0.467. The number of ether oxygens (including phenoxy) is 1. The predicted octanol–water partition coefficient (Wildman–Crippen LogP) is 7.89. The molecule has 2 aliphatic rings. The Bertz CT molecular complexity index is 1260. The number of alkyl halides is 3. The number of hydrogen-bond donors (Lipinski definition) is 1. The summed E-state index contributed by atoms with van der Waals surface area (Å²) in [5, 5.41) is 7.49. The van der Waals surface area contributed by atoms with Gasteiger partial charge in [-0.05, 0) is 73.9 Å². The van der Waals surface area contributed by atoms with Gasteiger partial charge >= 0.3 is 12.3 Å². The Labute approximate surface area is 225 Å². The van der Waals surface area contributed by atoms with E-state index in [1.807, 2.05) is 12.1 Å². The lowest BCUT2D eigenvalue weighted by Gasteiger charge is -2.27. The lowest BCUT2D eigenvalue weighted by molar-refractivity contribution is -0.137. The van der Waals surface area contributed by atoms with Crippen molar-refractivity contribution in [3.63, 3.8) is 0 Å². The van der Waals surface area contributed by atoms with Crippen molar-refractivity contribution in [3.05, 3.63) is 82.3 Å². The van der Waals surface area contributed by atoms with Crippen LogP contribution in [0.1, 0.15) is 91.3 Å². The average Bonchev–Trinajstić information content (AvgIpc) is 3.14. The molecule has 1 N–H and O–H groups in total. The minimum Gasteiger partial charge on any atom is -0.389 e. The fourth-order valence-electron chi connectivity index (χ4n) is 5.86. The predicted molar refractivity (Wildman–Crippen MR) is 139 cm³/mol. The van der Waals surface area contributed by atoms with Crippen LogP contribution in [0.5, 0.6) is 5.88 Å². The van der Waals surface area contributed by atoms with Crippen molar-refractivity contribution in [2.24, 2.45) is 0 Å². The van der Waals surface area contributed by atoms with Gasteiger partial charge in [0.1, 0.15) is 5.82 Å². The van der Waals surface area contributed by atoms with Crippen molar-refractivity contribution < 1.29 is 27.1 Å². The number of aromatic nitrogens is 2. The maximum absolute atomic E-state index is 13.5. The van der Waals surface area contributed by atoms with Crippen molar-refractivity contribution in [1.82, 2.24) is 15.1 Å². The zero-order valence-electron chi connectivity index (χ0n) is 21.8. The van der Waals surface area contributed by atoms with Crippen LogP contribution in [0.25, 0.3) is 0 Å². The lowest BCUT2D eigenvalue weighted by atomic mass is 9.90. The molecule has 5 nitrogen and oxygen atoms in total. The number of carbonyl (C=O) groups is 1. The summed E-state index contributed by atoms with van der Waals surface area (Å²) in [6.45, 7) is 0.0374. The number of nitrogens with zero attached hydrogens (tertiary/aromatic N) is 2. The minimum atomic E-state index is -4.41. The molecule has 5 rings (SSSR count). The molecule has 1 heterocycles. The summed E-state index contributed by atoms with van der Waals surface area (Å²) in [7, 11) is 0. The summed E-state index contributed by atoms with van der Waals surface area (Å²) < 4.78 is 59.9. The van der Waals surface area contributed by atoms with E-state index in [0.29, 0.717) is 11.4 Å². The molecule has 1 unspecified atom stereocenters. The highest BCUT2D eigenvalue weighted by Gasteiger charge is 2.32. The normalized spacial score (nSPS) is 18.3. The van der Waals surface area contributed by atoms with Crippen LogP contribution in [0.4, 0.5) is 22.4 Å². The van der Waals surface area contributed by atoms with Gasteiger partial charge in [0.15, 0.2) is 0 Å². The third-order valence-corrected chi connectivity index (χ3v) is 7.85. The maximum atomic E-state index is 13.5. The average molecular weight is 544 g/mol. The smallest absolute Gasteiger partial charge is 0.389 e. The first-order chi connectivity index (χ1) is 18.8. The van der Waals surface area contributed by atoms with Gasteiger partial charge in [0.2, 0.25) is 5.88 Å². The number of benzene rings is 2. The first-order valence-electron chi connectivity index (χ1n) is 13.8. The number of nitrogens with one attached hydrogen (secondary N) is 1. The highest BCUT2D eigenvalue weighted by Crippen LogP contribution is 2.41. The zero-order chi connectivity index (χ0) is 27.4. The summed E-state index contributed by atoms with van der Waals surface area (Å²) in [5.41, 5.74) is 2.93. The first kappa shape index (κ1) is 27.2. The van der Waals surface area contributed by atoms with Gasteiger partial charge in [-0.1, -0.05) is 49.9 Å². The molecule has 1 fully saturated rings. The van der Waals surface area contributed by atoms with Crippen molar-refractivity contribution >= 4 is 6.09 Å². The van der Waals surface area contributed by atoms with Gasteiger partial charge in [0.05, 0.1) is 11.6 Å². The molecule has 1 atom stereocenters. The highest BCUT2D eigenvalue weighted by molar-refractivity contribution is 5.70. The largest absolute Gasteiger partial charge is 0.416 e. The molecule has 2 aliphatic carbocycles. The summed E-state index contributed by atoms with van der Waals surface area (Å²) in [4.78, 5) is 12.8. The third kappa shape index (κ3) is 6.62. The van der Waals surface area contributed by atoms with Crippen LogP contribution in [-0.2, 0) is 25.6 Å². The number of halogens is 4. The molecule has 208 valence electrons. The second-order valence-corrected chi connectivity index (χ2v) is 10.6. The van der Waals surface area contributed by atoms with Crippen LogP contribution >= 0.6 is 0 Å². The molecule has 0 radical (unpaired) electrons. The summed E-state index contributed by atoms with van der Waals surface area (Å²) in [6, 6.07) is 11.5. The van der Waals surface area contributed by atoms with Gasteiger partial charge in [-0.25, -0.2) is 9.18 Å². The molecule has 39 heavy (non-hydrogen) atoms. The zero-order valence-corrected chi connectivity index (χ0v) is 21.8. The molecule has 0 saturated heterocycles. The fourth-order valence-corrected chi connectivity index (χ4v) is 5.86. The summed E-state index contributed by atoms with van der Waals surface area (Å²) >= 11 is 0. The van der Waals surface area contributed by atoms with Crippen LogP contribution in [0.2, 0.25) is 0 Å². The molecule has 2 aromatic carbocycles. The Kier molecular flexibility index (Phi) is 8.23. The van der Waals surface area contributed by atoms with Crippen LogP contribution < -0.4 is 10.1 Å². The third-order valence-electron chi connectivity index (χ3n) is 7.85. The Hall–Kier alpha value is -3.36. The molecular weight excluding hydrogens is 510 g/mol. The van der Waals surface area contributed by atoms with Crippen molar-refractivity contribution in [1.29, 1.82) is 0 Å². The van der Waals surface area contributed by atoms with E-state index in [0.717, 1.165) is 86.7 Å². The molecule has 0 bridgehead atoms. The molecule has 9 heteroatoms. The second-order valence-electron chi connectivity index (χ2n) is 10.6. The van der Waals surface area contributed by atoms with Gasteiger partial charge < -0.3 is 10.1 Å². The first-order valence-corrected chi connectivity index (χ1v) is 13.8. The van der Waals surface area contributed by atoms with E-state index < -0.39 is 17.8 Å². The Balaban J connectivity index is 1.36.